The summed E-state index contributed by atoms with van der Waals surface area (Å²) >= 11 is 1.23. The van der Waals surface area contributed by atoms with E-state index in [0.29, 0.717) is 16.5 Å². The van der Waals surface area contributed by atoms with Crippen LogP contribution >= 0.6 is 11.3 Å². The van der Waals surface area contributed by atoms with Crippen molar-refractivity contribution in [1.82, 2.24) is 4.98 Å². The Kier molecular flexibility index (Phi) is 5.64. The van der Waals surface area contributed by atoms with Crippen molar-refractivity contribution in [2.75, 3.05) is 11.2 Å². The van der Waals surface area contributed by atoms with Gasteiger partial charge < -0.3 is 10.5 Å². The molecule has 12 heteroatoms. The summed E-state index contributed by atoms with van der Waals surface area (Å²) in [5.41, 5.74) is 7.13. The summed E-state index contributed by atoms with van der Waals surface area (Å²) in [4.78, 5) is 14.6. The minimum Gasteiger partial charge on any atom is -0.450 e. The van der Waals surface area contributed by atoms with Crippen molar-refractivity contribution in [1.29, 1.82) is 0 Å². The lowest BCUT2D eigenvalue weighted by atomic mass is 10.2. The van der Waals surface area contributed by atoms with Gasteiger partial charge >= 0.3 is 11.9 Å². The Balaban J connectivity index is 1.80. The molecule has 2 aromatic carbocycles. The van der Waals surface area contributed by atoms with Crippen molar-refractivity contribution in [3.05, 3.63) is 69.1 Å². The van der Waals surface area contributed by atoms with Crippen LogP contribution < -0.4 is 15.9 Å². The molecule has 8 nitrogen and oxygen atoms in total. The molecule has 1 heterocycles. The smallest absolute Gasteiger partial charge is 0.416 e. The van der Waals surface area contributed by atoms with Crippen LogP contribution in [0.4, 0.5) is 29.8 Å². The number of hydrogen-bond acceptors (Lipinski definition) is 8. The highest BCUT2D eigenvalue weighted by Gasteiger charge is 2.30. The highest BCUT2D eigenvalue weighted by molar-refractivity contribution is 7.14. The first kappa shape index (κ1) is 20.1. The molecule has 0 amide bonds. The van der Waals surface area contributed by atoms with Crippen molar-refractivity contribution in [2.45, 2.75) is 6.18 Å². The lowest BCUT2D eigenvalue weighted by molar-refractivity contribution is -0.385. The van der Waals surface area contributed by atoms with E-state index < -0.39 is 22.4 Å². The first-order valence-electron chi connectivity index (χ1n) is 7.86. The molecule has 0 saturated heterocycles. The molecule has 3 rings (SSSR count). The van der Waals surface area contributed by atoms with Gasteiger partial charge in [-0.25, -0.2) is 4.98 Å². The standard InChI is InChI=1S/C17H12F3N5O3S/c18-17(19,20)11-2-1-3-12(7-11)28-14-5-4-10(6-13(14)25(26)27)8-22-24-16-23-15(21)9-29-16/h1-9H,21H2,(H,23,24). The summed E-state index contributed by atoms with van der Waals surface area (Å²) in [7, 11) is 0. The maximum Gasteiger partial charge on any atom is 0.416 e. The Bertz CT molecular complexity index is 1070. The lowest BCUT2D eigenvalue weighted by Gasteiger charge is -2.10. The molecule has 3 aromatic rings. The normalized spacial score (nSPS) is 11.6. The van der Waals surface area contributed by atoms with Gasteiger partial charge in [-0.05, 0) is 30.3 Å². The van der Waals surface area contributed by atoms with Crippen molar-refractivity contribution in [2.24, 2.45) is 5.10 Å². The number of nitrogens with one attached hydrogen (secondary N) is 1. The third kappa shape index (κ3) is 5.19. The van der Waals surface area contributed by atoms with Crippen molar-refractivity contribution >= 4 is 34.2 Å². The van der Waals surface area contributed by atoms with E-state index in [-0.39, 0.29) is 11.5 Å². The second kappa shape index (κ2) is 8.14. The predicted molar refractivity (Wildman–Crippen MR) is 102 cm³/mol. The minimum atomic E-state index is -4.55. The molecule has 29 heavy (non-hydrogen) atoms. The fourth-order valence-corrected chi connectivity index (χ4v) is 2.75. The molecule has 0 fully saturated rings. The molecule has 1 aromatic heterocycles. The van der Waals surface area contributed by atoms with Gasteiger partial charge in [0.1, 0.15) is 11.6 Å². The number of rotatable bonds is 6. The molecule has 0 aliphatic carbocycles. The Labute approximate surface area is 165 Å². The van der Waals surface area contributed by atoms with Crippen molar-refractivity contribution in [3.8, 4) is 11.5 Å². The van der Waals surface area contributed by atoms with E-state index in [4.69, 9.17) is 10.5 Å². The number of nitro benzene ring substituents is 1. The zero-order chi connectivity index (χ0) is 21.0. The average Bonchev–Trinajstić information content (AvgIpc) is 3.07. The maximum absolute atomic E-state index is 12.8. The van der Waals surface area contributed by atoms with Crippen LogP contribution in [0.3, 0.4) is 0 Å². The average molecular weight is 423 g/mol. The van der Waals surface area contributed by atoms with Gasteiger partial charge in [0.15, 0.2) is 0 Å². The quantitative estimate of drug-likeness (QED) is 0.331. The number of nitrogens with two attached hydrogens (primary N) is 1. The van der Waals surface area contributed by atoms with Gasteiger partial charge in [-0.3, -0.25) is 15.5 Å². The van der Waals surface area contributed by atoms with Crippen molar-refractivity contribution in [3.63, 3.8) is 0 Å². The van der Waals surface area contributed by atoms with E-state index in [1.807, 2.05) is 0 Å². The SMILES string of the molecule is Nc1csc(NN=Cc2ccc(Oc3cccc(C(F)(F)F)c3)c([N+](=O)[O-])c2)n1. The summed E-state index contributed by atoms with van der Waals surface area (Å²) in [6.45, 7) is 0. The number of hydrogen-bond donors (Lipinski definition) is 2. The van der Waals surface area contributed by atoms with Gasteiger partial charge in [0, 0.05) is 17.0 Å². The predicted octanol–water partition coefficient (Wildman–Crippen LogP) is 4.89. The summed E-state index contributed by atoms with van der Waals surface area (Å²) in [6.07, 6.45) is -3.24. The number of nitro groups is 1. The van der Waals surface area contributed by atoms with Crippen LogP contribution in [0.2, 0.25) is 0 Å². The van der Waals surface area contributed by atoms with E-state index in [1.54, 1.807) is 5.38 Å². The fraction of sp³-hybridized carbons (Fsp3) is 0.0588. The van der Waals surface area contributed by atoms with Crippen LogP contribution in [-0.4, -0.2) is 16.1 Å². The number of ether oxygens (including phenoxy) is 1. The Morgan fingerprint density at radius 2 is 2.07 bits per heavy atom. The van der Waals surface area contributed by atoms with Gasteiger partial charge in [0.2, 0.25) is 10.9 Å². The van der Waals surface area contributed by atoms with Crippen LogP contribution in [0.15, 0.2) is 52.9 Å². The number of hydrazone groups is 1. The number of anilines is 2. The maximum atomic E-state index is 12.8. The molecule has 0 spiro atoms. The summed E-state index contributed by atoms with van der Waals surface area (Å²) in [5, 5.41) is 17.3. The minimum absolute atomic E-state index is 0.174. The molecule has 0 radical (unpaired) electrons. The van der Waals surface area contributed by atoms with E-state index in [9.17, 15) is 23.3 Å². The molecular weight excluding hydrogens is 411 g/mol. The number of benzene rings is 2. The molecular formula is C17H12F3N5O3S. The number of aromatic nitrogens is 1. The summed E-state index contributed by atoms with van der Waals surface area (Å²) < 4.78 is 43.8. The number of thiazole rings is 1. The van der Waals surface area contributed by atoms with Gasteiger partial charge in [0.05, 0.1) is 16.7 Å². The van der Waals surface area contributed by atoms with Gasteiger partial charge in [-0.1, -0.05) is 6.07 Å². The van der Waals surface area contributed by atoms with Crippen LogP contribution in [0, 0.1) is 10.1 Å². The van der Waals surface area contributed by atoms with Gasteiger partial charge in [-0.2, -0.15) is 18.3 Å². The highest BCUT2D eigenvalue weighted by atomic mass is 32.1. The Morgan fingerprint density at radius 1 is 1.28 bits per heavy atom. The van der Waals surface area contributed by atoms with Gasteiger partial charge in [-0.15, -0.1) is 11.3 Å². The highest BCUT2D eigenvalue weighted by Crippen LogP contribution is 2.35. The topological polar surface area (TPSA) is 116 Å². The van der Waals surface area contributed by atoms with Crippen LogP contribution in [-0.2, 0) is 6.18 Å². The third-order valence-electron chi connectivity index (χ3n) is 3.46. The molecule has 0 unspecified atom stereocenters. The number of nitrogen functional groups attached to an aromatic ring is 1. The third-order valence-corrected chi connectivity index (χ3v) is 4.23. The first-order chi connectivity index (χ1) is 13.7. The van der Waals surface area contributed by atoms with Crippen LogP contribution in [0.5, 0.6) is 11.5 Å². The number of alkyl halides is 3. The lowest BCUT2D eigenvalue weighted by Crippen LogP contribution is -2.04. The molecule has 0 aliphatic heterocycles. The van der Waals surface area contributed by atoms with Crippen LogP contribution in [0.1, 0.15) is 11.1 Å². The molecule has 3 N–H and O–H groups in total. The number of halogens is 3. The van der Waals surface area contributed by atoms with Crippen molar-refractivity contribution < 1.29 is 22.8 Å². The summed E-state index contributed by atoms with van der Waals surface area (Å²) in [6, 6.07) is 8.01. The van der Waals surface area contributed by atoms with Crippen LogP contribution in [0.25, 0.3) is 0 Å². The Morgan fingerprint density at radius 3 is 2.72 bits per heavy atom. The van der Waals surface area contributed by atoms with Gasteiger partial charge in [0.25, 0.3) is 0 Å². The zero-order valence-corrected chi connectivity index (χ0v) is 15.2. The van der Waals surface area contributed by atoms with E-state index in [0.717, 1.165) is 18.2 Å². The zero-order valence-electron chi connectivity index (χ0n) is 14.4. The molecule has 0 bridgehead atoms. The summed E-state index contributed by atoms with van der Waals surface area (Å²) in [5.74, 6) is -0.0427. The monoisotopic (exact) mass is 423 g/mol. The van der Waals surface area contributed by atoms with E-state index >= 15 is 0 Å². The van der Waals surface area contributed by atoms with E-state index in [2.05, 4.69) is 15.5 Å². The molecule has 150 valence electrons. The Hall–Kier alpha value is -3.67. The second-order valence-electron chi connectivity index (χ2n) is 5.56. The second-order valence-corrected chi connectivity index (χ2v) is 6.42. The molecule has 0 atom stereocenters. The largest absolute Gasteiger partial charge is 0.450 e. The number of nitrogens with zero attached hydrogens (tertiary/aromatic N) is 3. The van der Waals surface area contributed by atoms with E-state index in [1.165, 1.54) is 41.8 Å². The molecule has 0 saturated carbocycles. The molecule has 0 aliphatic rings. The fourth-order valence-electron chi connectivity index (χ4n) is 2.21. The first-order valence-corrected chi connectivity index (χ1v) is 8.74.